The van der Waals surface area contributed by atoms with Gasteiger partial charge >= 0.3 is 0 Å². The average molecular weight is 262 g/mol. The predicted molar refractivity (Wildman–Crippen MR) is 54.0 cm³/mol. The van der Waals surface area contributed by atoms with E-state index in [2.05, 4.69) is 21.2 Å². The lowest BCUT2D eigenvalue weighted by Crippen LogP contribution is -2.16. The Hall–Kier alpha value is -0.480. The van der Waals surface area contributed by atoms with Gasteiger partial charge in [-0.15, -0.1) is 0 Å². The van der Waals surface area contributed by atoms with Crippen LogP contribution in [0.25, 0.3) is 0 Å². The zero-order chi connectivity index (χ0) is 10.1. The summed E-state index contributed by atoms with van der Waals surface area (Å²) in [7, 11) is 0. The number of benzene rings is 1. The van der Waals surface area contributed by atoms with Gasteiger partial charge in [-0.05, 0) is 47.4 Å². The number of nitrogens with one attached hydrogen (secondary N) is 1. The van der Waals surface area contributed by atoms with Crippen LogP contribution < -0.4 is 5.32 Å². The largest absolute Gasteiger partial charge is 0.310 e. The lowest BCUT2D eigenvalue weighted by atomic mass is 10.0. The van der Waals surface area contributed by atoms with Gasteiger partial charge in [0.05, 0.1) is 4.47 Å². The van der Waals surface area contributed by atoms with Gasteiger partial charge in [-0.3, -0.25) is 0 Å². The summed E-state index contributed by atoms with van der Waals surface area (Å²) >= 11 is 3.06. The average Bonchev–Trinajstić information content (AvgIpc) is 2.65. The lowest BCUT2D eigenvalue weighted by molar-refractivity contribution is 0.504. The van der Waals surface area contributed by atoms with Crippen molar-refractivity contribution in [2.75, 3.05) is 6.54 Å². The molecule has 0 bridgehead atoms. The Kier molecular flexibility index (Phi) is 2.83. The van der Waals surface area contributed by atoms with Crippen LogP contribution in [-0.4, -0.2) is 6.54 Å². The van der Waals surface area contributed by atoms with Crippen LogP contribution in [0.4, 0.5) is 8.78 Å². The summed E-state index contributed by atoms with van der Waals surface area (Å²) in [5.41, 5.74) is 0.164. The highest BCUT2D eigenvalue weighted by atomic mass is 79.9. The summed E-state index contributed by atoms with van der Waals surface area (Å²) in [6, 6.07) is 2.51. The minimum Gasteiger partial charge on any atom is -0.310 e. The molecule has 0 aliphatic carbocycles. The van der Waals surface area contributed by atoms with E-state index in [9.17, 15) is 8.78 Å². The van der Waals surface area contributed by atoms with E-state index in [4.69, 9.17) is 0 Å². The molecular formula is C10H10BrF2N. The van der Waals surface area contributed by atoms with Gasteiger partial charge in [-0.25, -0.2) is 8.78 Å². The van der Waals surface area contributed by atoms with Crippen LogP contribution in [0.5, 0.6) is 0 Å². The maximum Gasteiger partial charge on any atom is 0.145 e. The first-order chi connectivity index (χ1) is 6.70. The van der Waals surface area contributed by atoms with Gasteiger partial charge in [0.2, 0.25) is 0 Å². The summed E-state index contributed by atoms with van der Waals surface area (Å²) in [6.07, 6.45) is 1.76. The Balaban J connectivity index is 2.44. The van der Waals surface area contributed by atoms with E-state index in [1.807, 2.05) is 0 Å². The standard InChI is InChI=1S/C10H10BrF2N/c11-6-3-4-7(12)9(10(6)13)8-2-1-5-14-8/h3-4,8,14H,1-2,5H2/t8-/m1/s1. The first-order valence-corrected chi connectivity index (χ1v) is 5.36. The molecular weight excluding hydrogens is 252 g/mol. The molecule has 1 N–H and O–H groups in total. The summed E-state index contributed by atoms with van der Waals surface area (Å²) in [5, 5.41) is 3.08. The third kappa shape index (κ3) is 1.68. The summed E-state index contributed by atoms with van der Waals surface area (Å²) in [4.78, 5) is 0. The van der Waals surface area contributed by atoms with Crippen LogP contribution in [0.1, 0.15) is 24.4 Å². The van der Waals surface area contributed by atoms with Gasteiger partial charge in [0.15, 0.2) is 0 Å². The van der Waals surface area contributed by atoms with Crippen LogP contribution in [0.2, 0.25) is 0 Å². The molecule has 0 unspecified atom stereocenters. The smallest absolute Gasteiger partial charge is 0.145 e. The highest BCUT2D eigenvalue weighted by Gasteiger charge is 2.24. The lowest BCUT2D eigenvalue weighted by Gasteiger charge is -2.13. The Morgan fingerprint density at radius 3 is 2.79 bits per heavy atom. The molecule has 1 fully saturated rings. The maximum atomic E-state index is 13.6. The molecule has 0 spiro atoms. The van der Waals surface area contributed by atoms with Crippen LogP contribution in [0, 0.1) is 11.6 Å². The van der Waals surface area contributed by atoms with E-state index in [1.165, 1.54) is 12.1 Å². The Morgan fingerprint density at radius 1 is 1.36 bits per heavy atom. The molecule has 1 aromatic rings. The van der Waals surface area contributed by atoms with Gasteiger partial charge < -0.3 is 5.32 Å². The molecule has 0 aromatic heterocycles. The van der Waals surface area contributed by atoms with Crippen molar-refractivity contribution in [2.24, 2.45) is 0 Å². The minimum absolute atomic E-state index is 0.164. The number of halogens is 3. The molecule has 76 valence electrons. The monoisotopic (exact) mass is 261 g/mol. The van der Waals surface area contributed by atoms with Crippen LogP contribution in [0.15, 0.2) is 16.6 Å². The van der Waals surface area contributed by atoms with Crippen molar-refractivity contribution in [1.82, 2.24) is 5.32 Å². The van der Waals surface area contributed by atoms with Crippen molar-refractivity contribution in [3.8, 4) is 0 Å². The van der Waals surface area contributed by atoms with Crippen molar-refractivity contribution < 1.29 is 8.78 Å². The topological polar surface area (TPSA) is 12.0 Å². The molecule has 1 heterocycles. The predicted octanol–water partition coefficient (Wildman–Crippen LogP) is 3.15. The molecule has 1 atom stereocenters. The van der Waals surface area contributed by atoms with E-state index < -0.39 is 11.6 Å². The van der Waals surface area contributed by atoms with Crippen molar-refractivity contribution in [1.29, 1.82) is 0 Å². The first kappa shape index (κ1) is 10.1. The number of hydrogen-bond acceptors (Lipinski definition) is 1. The molecule has 14 heavy (non-hydrogen) atoms. The fourth-order valence-electron chi connectivity index (χ4n) is 1.79. The minimum atomic E-state index is -0.482. The summed E-state index contributed by atoms with van der Waals surface area (Å²) < 4.78 is 27.3. The van der Waals surface area contributed by atoms with Crippen molar-refractivity contribution in [3.05, 3.63) is 33.8 Å². The van der Waals surface area contributed by atoms with E-state index in [1.54, 1.807) is 0 Å². The third-order valence-electron chi connectivity index (χ3n) is 2.49. The zero-order valence-corrected chi connectivity index (χ0v) is 9.07. The SMILES string of the molecule is Fc1ccc(Br)c(F)c1[C@H]1CCCN1. The summed E-state index contributed by atoms with van der Waals surface area (Å²) in [5.74, 6) is -0.950. The fourth-order valence-corrected chi connectivity index (χ4v) is 2.14. The third-order valence-corrected chi connectivity index (χ3v) is 3.10. The van der Waals surface area contributed by atoms with E-state index in [0.29, 0.717) is 4.47 Å². The van der Waals surface area contributed by atoms with E-state index in [-0.39, 0.29) is 11.6 Å². The van der Waals surface area contributed by atoms with Gasteiger partial charge in [0.1, 0.15) is 11.6 Å². The molecule has 2 rings (SSSR count). The fraction of sp³-hybridized carbons (Fsp3) is 0.400. The van der Waals surface area contributed by atoms with Gasteiger partial charge in [0, 0.05) is 11.6 Å². The summed E-state index contributed by atoms with van der Waals surface area (Å²) in [6.45, 7) is 0.829. The number of rotatable bonds is 1. The molecule has 0 amide bonds. The van der Waals surface area contributed by atoms with E-state index in [0.717, 1.165) is 19.4 Å². The molecule has 0 saturated carbocycles. The molecule has 1 nitrogen and oxygen atoms in total. The highest BCUT2D eigenvalue weighted by Crippen LogP contribution is 2.31. The van der Waals surface area contributed by atoms with Crippen molar-refractivity contribution >= 4 is 15.9 Å². The van der Waals surface area contributed by atoms with Crippen molar-refractivity contribution in [2.45, 2.75) is 18.9 Å². The van der Waals surface area contributed by atoms with E-state index >= 15 is 0 Å². The van der Waals surface area contributed by atoms with Crippen LogP contribution >= 0.6 is 15.9 Å². The first-order valence-electron chi connectivity index (χ1n) is 4.57. The number of hydrogen-bond donors (Lipinski definition) is 1. The second kappa shape index (κ2) is 3.95. The van der Waals surface area contributed by atoms with Gasteiger partial charge in [-0.1, -0.05) is 0 Å². The van der Waals surface area contributed by atoms with Crippen LogP contribution in [0.3, 0.4) is 0 Å². The highest BCUT2D eigenvalue weighted by molar-refractivity contribution is 9.10. The van der Waals surface area contributed by atoms with Crippen LogP contribution in [-0.2, 0) is 0 Å². The molecule has 1 aliphatic heterocycles. The Bertz CT molecular complexity index is 348. The maximum absolute atomic E-state index is 13.6. The molecule has 1 saturated heterocycles. The quantitative estimate of drug-likeness (QED) is 0.766. The second-order valence-electron chi connectivity index (χ2n) is 3.41. The van der Waals surface area contributed by atoms with Gasteiger partial charge in [0.25, 0.3) is 0 Å². The Labute approximate surface area is 89.6 Å². The van der Waals surface area contributed by atoms with Crippen molar-refractivity contribution in [3.63, 3.8) is 0 Å². The molecule has 4 heteroatoms. The molecule has 0 radical (unpaired) electrons. The normalized spacial score (nSPS) is 21.5. The zero-order valence-electron chi connectivity index (χ0n) is 7.49. The van der Waals surface area contributed by atoms with Gasteiger partial charge in [-0.2, -0.15) is 0 Å². The molecule has 1 aliphatic rings. The molecule has 1 aromatic carbocycles. The second-order valence-corrected chi connectivity index (χ2v) is 4.26. The Morgan fingerprint density at radius 2 is 2.14 bits per heavy atom.